The fourth-order valence-corrected chi connectivity index (χ4v) is 2.83. The molecule has 6 nitrogen and oxygen atoms in total. The van der Waals surface area contributed by atoms with Crippen LogP contribution >= 0.6 is 0 Å². The van der Waals surface area contributed by atoms with Crippen LogP contribution in [0.4, 0.5) is 5.69 Å². The zero-order chi connectivity index (χ0) is 14.7. The van der Waals surface area contributed by atoms with Gasteiger partial charge in [0.2, 0.25) is 5.91 Å². The van der Waals surface area contributed by atoms with Crippen LogP contribution in [0.3, 0.4) is 0 Å². The van der Waals surface area contributed by atoms with Crippen LogP contribution in [0.25, 0.3) is 0 Å². The Balaban J connectivity index is 1.44. The minimum atomic E-state index is 0.0548. The van der Waals surface area contributed by atoms with Crippen molar-refractivity contribution in [2.45, 2.75) is 50.7 Å². The number of carbonyl (C=O) groups is 1. The van der Waals surface area contributed by atoms with E-state index in [0.717, 1.165) is 25.1 Å². The fourth-order valence-electron chi connectivity index (χ4n) is 2.83. The lowest BCUT2D eigenvalue weighted by molar-refractivity contribution is -0.122. The molecule has 3 rings (SSSR count). The average molecular weight is 291 g/mol. The van der Waals surface area contributed by atoms with Gasteiger partial charge in [0.25, 0.3) is 0 Å². The van der Waals surface area contributed by atoms with Crippen molar-refractivity contribution in [2.75, 3.05) is 25.5 Å². The van der Waals surface area contributed by atoms with Crippen molar-refractivity contribution >= 4 is 11.6 Å². The van der Waals surface area contributed by atoms with E-state index in [1.165, 1.54) is 25.8 Å². The number of likely N-dealkylation sites (tertiary alicyclic amines) is 1. The highest BCUT2D eigenvalue weighted by Gasteiger charge is 2.23. The molecule has 21 heavy (non-hydrogen) atoms. The van der Waals surface area contributed by atoms with Crippen LogP contribution in [0.2, 0.25) is 0 Å². The number of aromatic nitrogens is 2. The Labute approximate surface area is 125 Å². The molecule has 1 unspecified atom stereocenters. The molecule has 1 saturated carbocycles. The Morgan fingerprint density at radius 1 is 1.38 bits per heavy atom. The van der Waals surface area contributed by atoms with Gasteiger partial charge < -0.3 is 15.5 Å². The number of likely N-dealkylation sites (N-methyl/N-ethyl adjacent to an activating group) is 1. The van der Waals surface area contributed by atoms with E-state index in [2.05, 4.69) is 27.7 Å². The van der Waals surface area contributed by atoms with Crippen molar-refractivity contribution in [3.63, 3.8) is 0 Å². The highest BCUT2D eigenvalue weighted by atomic mass is 16.2. The summed E-state index contributed by atoms with van der Waals surface area (Å²) in [6.07, 6.45) is 9.82. The molecule has 116 valence electrons. The highest BCUT2D eigenvalue weighted by Crippen LogP contribution is 2.18. The van der Waals surface area contributed by atoms with Crippen molar-refractivity contribution in [3.8, 4) is 0 Å². The first-order valence-corrected chi connectivity index (χ1v) is 7.96. The van der Waals surface area contributed by atoms with Gasteiger partial charge in [-0.05, 0) is 39.3 Å². The second-order valence-electron chi connectivity index (χ2n) is 6.28. The Hall–Kier alpha value is -1.56. The van der Waals surface area contributed by atoms with E-state index in [0.29, 0.717) is 18.6 Å². The molecule has 1 atom stereocenters. The van der Waals surface area contributed by atoms with Gasteiger partial charge in [-0.2, -0.15) is 5.10 Å². The van der Waals surface area contributed by atoms with Gasteiger partial charge in [0.1, 0.15) is 6.54 Å². The monoisotopic (exact) mass is 291 g/mol. The van der Waals surface area contributed by atoms with Crippen LogP contribution in [0.1, 0.15) is 32.1 Å². The predicted molar refractivity (Wildman–Crippen MR) is 82.2 cm³/mol. The van der Waals surface area contributed by atoms with Gasteiger partial charge in [-0.25, -0.2) is 0 Å². The Morgan fingerprint density at radius 3 is 3.00 bits per heavy atom. The summed E-state index contributed by atoms with van der Waals surface area (Å²) in [5, 5.41) is 10.7. The predicted octanol–water partition coefficient (Wildman–Crippen LogP) is 1.06. The molecule has 6 heteroatoms. The van der Waals surface area contributed by atoms with Gasteiger partial charge >= 0.3 is 0 Å². The molecule has 1 aliphatic heterocycles. The molecule has 2 N–H and O–H groups in total. The van der Waals surface area contributed by atoms with Crippen molar-refractivity contribution in [1.29, 1.82) is 0 Å². The summed E-state index contributed by atoms with van der Waals surface area (Å²) in [4.78, 5) is 14.1. The van der Waals surface area contributed by atoms with E-state index in [9.17, 15) is 4.79 Å². The van der Waals surface area contributed by atoms with Gasteiger partial charge in [-0.15, -0.1) is 0 Å². The molecule has 2 heterocycles. The third-order valence-electron chi connectivity index (χ3n) is 4.34. The number of carbonyl (C=O) groups excluding carboxylic acids is 1. The molecular weight excluding hydrogens is 266 g/mol. The Bertz CT molecular complexity index is 482. The van der Waals surface area contributed by atoms with Crippen LogP contribution in [-0.4, -0.2) is 52.8 Å². The first-order valence-electron chi connectivity index (χ1n) is 7.96. The average Bonchev–Trinajstić information content (AvgIpc) is 3.16. The molecule has 1 aliphatic carbocycles. The molecule has 2 fully saturated rings. The van der Waals surface area contributed by atoms with Crippen molar-refractivity contribution in [1.82, 2.24) is 20.0 Å². The number of piperidine rings is 1. The molecule has 1 aromatic heterocycles. The first kappa shape index (κ1) is 14.4. The maximum absolute atomic E-state index is 11.7. The lowest BCUT2D eigenvalue weighted by atomic mass is 10.0. The molecule has 0 aromatic carbocycles. The molecule has 1 saturated heterocycles. The van der Waals surface area contributed by atoms with Crippen LogP contribution in [0, 0.1) is 0 Å². The highest BCUT2D eigenvalue weighted by molar-refractivity contribution is 5.76. The standard InChI is InChI=1S/C15H25N5O/c1-19-7-3-2-4-14(19)9-16-13-8-17-20(10-13)11-15(21)18-12-5-6-12/h8,10,12,14,16H,2-7,9,11H2,1H3,(H,18,21). The number of rotatable bonds is 6. The second kappa shape index (κ2) is 6.47. The van der Waals surface area contributed by atoms with E-state index in [1.54, 1.807) is 10.9 Å². The maximum atomic E-state index is 11.7. The molecule has 0 spiro atoms. The fraction of sp³-hybridized carbons (Fsp3) is 0.733. The molecular formula is C15H25N5O. The van der Waals surface area contributed by atoms with Gasteiger partial charge in [0, 0.05) is 24.8 Å². The third kappa shape index (κ3) is 4.20. The van der Waals surface area contributed by atoms with Gasteiger partial charge in [0.05, 0.1) is 11.9 Å². The number of amides is 1. The number of nitrogens with zero attached hydrogens (tertiary/aromatic N) is 3. The number of nitrogens with one attached hydrogen (secondary N) is 2. The molecule has 1 amide bonds. The van der Waals surface area contributed by atoms with Crippen LogP contribution in [0.5, 0.6) is 0 Å². The normalized spacial score (nSPS) is 23.0. The molecule has 1 aromatic rings. The maximum Gasteiger partial charge on any atom is 0.241 e. The summed E-state index contributed by atoms with van der Waals surface area (Å²) in [6.45, 7) is 2.44. The Kier molecular flexibility index (Phi) is 4.43. The topological polar surface area (TPSA) is 62.2 Å². The molecule has 2 aliphatic rings. The first-order chi connectivity index (χ1) is 10.2. The Morgan fingerprint density at radius 2 is 2.24 bits per heavy atom. The van der Waals surface area contributed by atoms with E-state index in [-0.39, 0.29) is 5.91 Å². The van der Waals surface area contributed by atoms with Crippen molar-refractivity contribution in [2.24, 2.45) is 0 Å². The summed E-state index contributed by atoms with van der Waals surface area (Å²) in [5.41, 5.74) is 0.994. The van der Waals surface area contributed by atoms with E-state index in [4.69, 9.17) is 0 Å². The quantitative estimate of drug-likeness (QED) is 0.822. The van der Waals surface area contributed by atoms with Gasteiger partial charge in [-0.3, -0.25) is 9.48 Å². The van der Waals surface area contributed by atoms with Gasteiger partial charge in [0.15, 0.2) is 0 Å². The SMILES string of the molecule is CN1CCCCC1CNc1cnn(CC(=O)NC2CC2)c1. The van der Waals surface area contributed by atoms with Crippen molar-refractivity contribution in [3.05, 3.63) is 12.4 Å². The third-order valence-corrected chi connectivity index (χ3v) is 4.34. The smallest absolute Gasteiger partial charge is 0.241 e. The zero-order valence-corrected chi connectivity index (χ0v) is 12.7. The summed E-state index contributed by atoms with van der Waals surface area (Å²) in [5.74, 6) is 0.0548. The zero-order valence-electron chi connectivity index (χ0n) is 12.7. The number of hydrogen-bond donors (Lipinski definition) is 2. The summed E-state index contributed by atoms with van der Waals surface area (Å²) in [6, 6.07) is 1.01. The van der Waals surface area contributed by atoms with Gasteiger partial charge in [-0.1, -0.05) is 6.42 Å². The van der Waals surface area contributed by atoms with Crippen LogP contribution in [-0.2, 0) is 11.3 Å². The van der Waals surface area contributed by atoms with Crippen LogP contribution < -0.4 is 10.6 Å². The van der Waals surface area contributed by atoms with E-state index in [1.807, 2.05) is 6.20 Å². The lowest BCUT2D eigenvalue weighted by Gasteiger charge is -2.32. The lowest BCUT2D eigenvalue weighted by Crippen LogP contribution is -2.40. The second-order valence-corrected chi connectivity index (χ2v) is 6.28. The van der Waals surface area contributed by atoms with Crippen LogP contribution in [0.15, 0.2) is 12.4 Å². The molecule has 0 radical (unpaired) electrons. The summed E-state index contributed by atoms with van der Waals surface area (Å²) in [7, 11) is 2.19. The largest absolute Gasteiger partial charge is 0.381 e. The van der Waals surface area contributed by atoms with E-state index >= 15 is 0 Å². The summed E-state index contributed by atoms with van der Waals surface area (Å²) >= 11 is 0. The van der Waals surface area contributed by atoms with Crippen molar-refractivity contribution < 1.29 is 4.79 Å². The minimum absolute atomic E-state index is 0.0548. The molecule has 0 bridgehead atoms. The van der Waals surface area contributed by atoms with E-state index < -0.39 is 0 Å². The number of hydrogen-bond acceptors (Lipinski definition) is 4. The summed E-state index contributed by atoms with van der Waals surface area (Å²) < 4.78 is 1.70. The number of anilines is 1. The minimum Gasteiger partial charge on any atom is -0.381 e.